The molecule has 3 aromatic rings. The van der Waals surface area contributed by atoms with Gasteiger partial charge in [0, 0.05) is 23.9 Å². The molecule has 23 heavy (non-hydrogen) atoms. The molecule has 0 aliphatic carbocycles. The van der Waals surface area contributed by atoms with E-state index < -0.39 is 0 Å². The van der Waals surface area contributed by atoms with Gasteiger partial charge in [0.1, 0.15) is 0 Å². The Balaban J connectivity index is 1.86. The molecule has 1 N–H and O–H groups in total. The van der Waals surface area contributed by atoms with Gasteiger partial charge in [-0.25, -0.2) is 0 Å². The Hall–Kier alpha value is -2.32. The minimum atomic E-state index is 0.291. The van der Waals surface area contributed by atoms with Crippen LogP contribution >= 0.6 is 0 Å². The van der Waals surface area contributed by atoms with E-state index in [0.29, 0.717) is 18.0 Å². The number of H-pyrrole nitrogens is 1. The molecule has 3 unspecified atom stereocenters. The Morgan fingerprint density at radius 2 is 1.43 bits per heavy atom. The van der Waals surface area contributed by atoms with Gasteiger partial charge >= 0.3 is 0 Å². The lowest BCUT2D eigenvalue weighted by Gasteiger charge is -2.43. The molecule has 0 spiro atoms. The molecule has 0 saturated carbocycles. The highest BCUT2D eigenvalue weighted by molar-refractivity contribution is 5.41. The number of hydrogen-bond donors (Lipinski definition) is 1. The maximum atomic E-state index is 3.50. The summed E-state index contributed by atoms with van der Waals surface area (Å²) in [7, 11) is 2.25. The van der Waals surface area contributed by atoms with Gasteiger partial charge in [-0.3, -0.25) is 4.90 Å². The summed E-state index contributed by atoms with van der Waals surface area (Å²) >= 11 is 0. The van der Waals surface area contributed by atoms with Gasteiger partial charge in [0.15, 0.2) is 0 Å². The van der Waals surface area contributed by atoms with Crippen LogP contribution in [0.25, 0.3) is 0 Å². The smallest absolute Gasteiger partial charge is 0.0622 e. The van der Waals surface area contributed by atoms with Crippen LogP contribution in [0.2, 0.25) is 0 Å². The number of fused-ring (bicyclic) bond motifs is 1. The average Bonchev–Trinajstić information content (AvgIpc) is 3.07. The highest BCUT2D eigenvalue weighted by Crippen LogP contribution is 2.48. The Morgan fingerprint density at radius 3 is 2.09 bits per heavy atom. The lowest BCUT2D eigenvalue weighted by Crippen LogP contribution is -2.37. The second kappa shape index (κ2) is 5.71. The number of hydrogen-bond acceptors (Lipinski definition) is 1. The first-order valence-electron chi connectivity index (χ1n) is 8.26. The van der Waals surface area contributed by atoms with Gasteiger partial charge in [-0.15, -0.1) is 0 Å². The largest absolute Gasteiger partial charge is 0.364 e. The Morgan fingerprint density at radius 1 is 0.826 bits per heavy atom. The summed E-state index contributed by atoms with van der Waals surface area (Å²) in [6, 6.07) is 24.6. The predicted molar refractivity (Wildman–Crippen MR) is 94.4 cm³/mol. The van der Waals surface area contributed by atoms with Crippen LogP contribution in [-0.2, 0) is 0 Å². The maximum Gasteiger partial charge on any atom is 0.0622 e. The number of likely N-dealkylation sites (N-methyl/N-ethyl adjacent to an activating group) is 1. The van der Waals surface area contributed by atoms with Crippen molar-refractivity contribution in [3.63, 3.8) is 0 Å². The number of nitrogens with one attached hydrogen (secondary N) is 1. The van der Waals surface area contributed by atoms with Crippen LogP contribution in [0.5, 0.6) is 0 Å². The topological polar surface area (TPSA) is 19.0 Å². The van der Waals surface area contributed by atoms with E-state index in [1.165, 1.54) is 22.4 Å². The predicted octanol–water partition coefficient (Wildman–Crippen LogP) is 4.89. The van der Waals surface area contributed by atoms with Crippen molar-refractivity contribution < 1.29 is 0 Å². The number of rotatable bonds is 2. The van der Waals surface area contributed by atoms with Crippen molar-refractivity contribution in [3.05, 3.63) is 95.3 Å². The zero-order valence-corrected chi connectivity index (χ0v) is 13.6. The number of aromatic nitrogens is 1. The fourth-order valence-corrected chi connectivity index (χ4v) is 4.14. The average molecular weight is 302 g/mol. The van der Waals surface area contributed by atoms with Gasteiger partial charge in [-0.1, -0.05) is 67.6 Å². The van der Waals surface area contributed by atoms with Crippen molar-refractivity contribution >= 4 is 0 Å². The molecule has 0 fully saturated rings. The summed E-state index contributed by atoms with van der Waals surface area (Å²) in [5.74, 6) is 0.437. The normalized spacial score (nSPS) is 24.3. The third-order valence-corrected chi connectivity index (χ3v) is 5.14. The molecule has 0 amide bonds. The number of benzene rings is 2. The fraction of sp³-hybridized carbons (Fsp3) is 0.238. The van der Waals surface area contributed by atoms with Crippen molar-refractivity contribution in [2.24, 2.45) is 0 Å². The van der Waals surface area contributed by atoms with Gasteiger partial charge in [0.2, 0.25) is 0 Å². The number of nitrogens with zero attached hydrogens (tertiary/aromatic N) is 1. The van der Waals surface area contributed by atoms with Gasteiger partial charge in [-0.05, 0) is 29.8 Å². The minimum absolute atomic E-state index is 0.291. The van der Waals surface area contributed by atoms with Crippen LogP contribution < -0.4 is 0 Å². The second-order valence-corrected chi connectivity index (χ2v) is 6.47. The van der Waals surface area contributed by atoms with E-state index in [2.05, 4.69) is 96.8 Å². The Bertz CT molecular complexity index is 776. The lowest BCUT2D eigenvalue weighted by atomic mass is 9.80. The van der Waals surface area contributed by atoms with E-state index in [0.717, 1.165) is 0 Å². The first-order chi connectivity index (χ1) is 11.3. The highest BCUT2D eigenvalue weighted by atomic mass is 15.2. The first-order valence-corrected chi connectivity index (χ1v) is 8.26. The Labute approximate surface area is 137 Å². The van der Waals surface area contributed by atoms with E-state index >= 15 is 0 Å². The summed E-state index contributed by atoms with van der Waals surface area (Å²) in [5.41, 5.74) is 5.50. The van der Waals surface area contributed by atoms with Gasteiger partial charge in [0.25, 0.3) is 0 Å². The summed E-state index contributed by atoms with van der Waals surface area (Å²) in [6.07, 6.45) is 2.08. The van der Waals surface area contributed by atoms with Crippen LogP contribution in [0.1, 0.15) is 47.3 Å². The van der Waals surface area contributed by atoms with Crippen molar-refractivity contribution in [3.8, 4) is 0 Å². The maximum absolute atomic E-state index is 3.50. The van der Waals surface area contributed by atoms with Crippen molar-refractivity contribution in [1.82, 2.24) is 9.88 Å². The monoisotopic (exact) mass is 302 g/mol. The summed E-state index contributed by atoms with van der Waals surface area (Å²) < 4.78 is 0. The molecule has 3 atom stereocenters. The molecular weight excluding hydrogens is 280 g/mol. The quantitative estimate of drug-likeness (QED) is 0.714. The molecule has 1 aliphatic rings. The van der Waals surface area contributed by atoms with Crippen LogP contribution in [-0.4, -0.2) is 16.9 Å². The molecule has 1 aliphatic heterocycles. The van der Waals surface area contributed by atoms with E-state index in [9.17, 15) is 0 Å². The van der Waals surface area contributed by atoms with E-state index in [4.69, 9.17) is 0 Å². The second-order valence-electron chi connectivity index (χ2n) is 6.47. The highest BCUT2D eigenvalue weighted by Gasteiger charge is 2.38. The fourth-order valence-electron chi connectivity index (χ4n) is 4.14. The molecule has 0 bridgehead atoms. The Kier molecular flexibility index (Phi) is 3.55. The van der Waals surface area contributed by atoms with Crippen LogP contribution in [0.15, 0.2) is 72.9 Å². The standard InChI is InChI=1S/C21H22N2/c1-15-19-18(13-14-22-19)21(17-11-7-4-8-12-17)23(2)20(15)16-9-5-3-6-10-16/h3-15,20-22H,1-2H3. The minimum Gasteiger partial charge on any atom is -0.364 e. The molecule has 1 aromatic heterocycles. The van der Waals surface area contributed by atoms with Crippen LogP contribution in [0.3, 0.4) is 0 Å². The first kappa shape index (κ1) is 14.3. The zero-order chi connectivity index (χ0) is 15.8. The summed E-state index contributed by atoms with van der Waals surface area (Å²) in [4.78, 5) is 6.02. The lowest BCUT2D eigenvalue weighted by molar-refractivity contribution is 0.156. The molecule has 4 rings (SSSR count). The molecule has 0 radical (unpaired) electrons. The summed E-state index contributed by atoms with van der Waals surface area (Å²) in [6.45, 7) is 2.32. The van der Waals surface area contributed by atoms with Crippen molar-refractivity contribution in [2.45, 2.75) is 24.9 Å². The van der Waals surface area contributed by atoms with Crippen LogP contribution in [0, 0.1) is 0 Å². The summed E-state index contributed by atoms with van der Waals surface area (Å²) in [5, 5.41) is 0. The molecule has 0 saturated heterocycles. The van der Waals surface area contributed by atoms with Gasteiger partial charge in [0.05, 0.1) is 6.04 Å². The van der Waals surface area contributed by atoms with Gasteiger partial charge < -0.3 is 4.98 Å². The zero-order valence-electron chi connectivity index (χ0n) is 13.6. The molecular formula is C21H22N2. The molecule has 116 valence electrons. The number of aromatic amines is 1. The van der Waals surface area contributed by atoms with Crippen molar-refractivity contribution in [1.29, 1.82) is 0 Å². The molecule has 2 heteroatoms. The molecule has 2 aromatic carbocycles. The molecule has 2 heterocycles. The van der Waals surface area contributed by atoms with E-state index in [-0.39, 0.29) is 0 Å². The van der Waals surface area contributed by atoms with E-state index in [1.54, 1.807) is 0 Å². The van der Waals surface area contributed by atoms with Crippen LogP contribution in [0.4, 0.5) is 0 Å². The third-order valence-electron chi connectivity index (χ3n) is 5.14. The molecule has 2 nitrogen and oxygen atoms in total. The SMILES string of the molecule is CC1c2[nH]ccc2C(c2ccccc2)N(C)C1c1ccccc1. The van der Waals surface area contributed by atoms with Crippen molar-refractivity contribution in [2.75, 3.05) is 7.05 Å². The third kappa shape index (κ3) is 2.30. The van der Waals surface area contributed by atoms with E-state index in [1.807, 2.05) is 0 Å². The van der Waals surface area contributed by atoms with Gasteiger partial charge in [-0.2, -0.15) is 0 Å².